The number of carbonyl (C=O) groups is 3. The van der Waals surface area contributed by atoms with Gasteiger partial charge in [0.2, 0.25) is 5.91 Å². The molecule has 0 bridgehead atoms. The molecule has 2 amide bonds. The van der Waals surface area contributed by atoms with E-state index < -0.39 is 23.5 Å². The molecule has 0 radical (unpaired) electrons. The molecule has 3 N–H and O–H groups in total. The molecule has 0 spiro atoms. The van der Waals surface area contributed by atoms with Crippen molar-refractivity contribution in [1.82, 2.24) is 10.6 Å². The Morgan fingerprint density at radius 1 is 0.914 bits per heavy atom. The highest BCUT2D eigenvalue weighted by molar-refractivity contribution is 5.84. The number of carboxylic acids is 1. The second-order valence-electron chi connectivity index (χ2n) is 10.1. The molecule has 1 atom stereocenters. The molecule has 0 saturated carbocycles. The van der Waals surface area contributed by atoms with E-state index >= 15 is 0 Å². The fourth-order valence-electron chi connectivity index (χ4n) is 4.49. The van der Waals surface area contributed by atoms with Gasteiger partial charge in [-0.3, -0.25) is 4.79 Å². The number of rotatable bonds is 11. The number of carboxylic acid groups (broad SMARTS) is 1. The molecule has 0 heterocycles. The van der Waals surface area contributed by atoms with Crippen LogP contribution < -0.4 is 10.6 Å². The third kappa shape index (κ3) is 7.07. The number of ether oxygens (including phenoxy) is 1. The fourth-order valence-corrected chi connectivity index (χ4v) is 4.49. The molecule has 2 aromatic rings. The van der Waals surface area contributed by atoms with Gasteiger partial charge in [0, 0.05) is 18.9 Å². The zero-order chi connectivity index (χ0) is 25.4. The van der Waals surface area contributed by atoms with E-state index in [1.54, 1.807) is 20.8 Å². The van der Waals surface area contributed by atoms with Gasteiger partial charge in [-0.05, 0) is 40.5 Å². The lowest BCUT2D eigenvalue weighted by atomic mass is 9.86. The Kier molecular flexibility index (Phi) is 8.90. The highest BCUT2D eigenvalue weighted by Gasteiger charge is 2.32. The first-order chi connectivity index (χ1) is 16.7. The molecule has 2 aromatic carbocycles. The molecule has 0 aliphatic heterocycles. The van der Waals surface area contributed by atoms with Crippen LogP contribution in [0.3, 0.4) is 0 Å². The first kappa shape index (κ1) is 26.3. The minimum absolute atomic E-state index is 0.0401. The molecule has 0 aromatic heterocycles. The standard InChI is InChI=1S/C28H36N2O5/c1-28(2,3)25(26(32)33)30-24(31)16-6-4-5-11-17-29-27(34)35-18-23-21-14-9-7-12-19(21)20-13-8-10-15-22(20)23/h7-10,12-15,23,25H,4-6,11,16-18H2,1-3H3,(H,29,34)(H,30,31)(H,32,33)/t25-/m1/s1. The number of aliphatic carboxylic acids is 1. The Balaban J connectivity index is 1.31. The van der Waals surface area contributed by atoms with Crippen molar-refractivity contribution in [3.8, 4) is 11.1 Å². The molecule has 1 aliphatic rings. The second kappa shape index (κ2) is 11.9. The van der Waals surface area contributed by atoms with Crippen molar-refractivity contribution < 1.29 is 24.2 Å². The quantitative estimate of drug-likeness (QED) is 0.389. The van der Waals surface area contributed by atoms with Gasteiger partial charge < -0.3 is 20.5 Å². The number of alkyl carbamates (subject to hydrolysis) is 1. The summed E-state index contributed by atoms with van der Waals surface area (Å²) in [5.74, 6) is -1.23. The van der Waals surface area contributed by atoms with Gasteiger partial charge in [0.15, 0.2) is 0 Å². The van der Waals surface area contributed by atoms with E-state index in [0.717, 1.165) is 19.3 Å². The fraction of sp³-hybridized carbons (Fsp3) is 0.464. The summed E-state index contributed by atoms with van der Waals surface area (Å²) < 4.78 is 5.53. The van der Waals surface area contributed by atoms with Crippen molar-refractivity contribution in [2.75, 3.05) is 13.2 Å². The monoisotopic (exact) mass is 480 g/mol. The molecular weight excluding hydrogens is 444 g/mol. The number of hydrogen-bond donors (Lipinski definition) is 3. The highest BCUT2D eigenvalue weighted by atomic mass is 16.5. The molecule has 35 heavy (non-hydrogen) atoms. The number of amides is 2. The predicted molar refractivity (Wildman–Crippen MR) is 135 cm³/mol. The van der Waals surface area contributed by atoms with E-state index in [-0.39, 0.29) is 11.8 Å². The van der Waals surface area contributed by atoms with Gasteiger partial charge >= 0.3 is 12.1 Å². The summed E-state index contributed by atoms with van der Waals surface area (Å²) in [5, 5.41) is 14.7. The summed E-state index contributed by atoms with van der Waals surface area (Å²) in [6, 6.07) is 15.6. The minimum Gasteiger partial charge on any atom is -0.480 e. The van der Waals surface area contributed by atoms with Crippen molar-refractivity contribution in [2.45, 2.75) is 64.8 Å². The Hall–Kier alpha value is -3.35. The van der Waals surface area contributed by atoms with Gasteiger partial charge in [-0.25, -0.2) is 9.59 Å². The largest absolute Gasteiger partial charge is 0.480 e. The molecule has 188 valence electrons. The average molecular weight is 481 g/mol. The van der Waals surface area contributed by atoms with Crippen LogP contribution in [0.5, 0.6) is 0 Å². The first-order valence-corrected chi connectivity index (χ1v) is 12.3. The third-order valence-corrected chi connectivity index (χ3v) is 6.36. The van der Waals surface area contributed by atoms with Crippen molar-refractivity contribution >= 4 is 18.0 Å². The SMILES string of the molecule is CC(C)(C)[C@H](NC(=O)CCCCCCNC(=O)OCC1c2ccccc2-c2ccccc21)C(=O)O. The van der Waals surface area contributed by atoms with Crippen LogP contribution in [0.2, 0.25) is 0 Å². The Labute approximate surface area is 207 Å². The Bertz CT molecular complexity index is 998. The van der Waals surface area contributed by atoms with Crippen LogP contribution in [0, 0.1) is 5.41 Å². The summed E-state index contributed by atoms with van der Waals surface area (Å²) in [6.45, 7) is 6.16. The zero-order valence-electron chi connectivity index (χ0n) is 20.8. The smallest absolute Gasteiger partial charge is 0.407 e. The maximum Gasteiger partial charge on any atom is 0.407 e. The van der Waals surface area contributed by atoms with Crippen LogP contribution in [-0.4, -0.2) is 42.3 Å². The van der Waals surface area contributed by atoms with Gasteiger partial charge in [-0.2, -0.15) is 0 Å². The van der Waals surface area contributed by atoms with Crippen LogP contribution >= 0.6 is 0 Å². The highest BCUT2D eigenvalue weighted by Crippen LogP contribution is 2.44. The summed E-state index contributed by atoms with van der Waals surface area (Å²) in [6.07, 6.45) is 3.01. The normalized spacial score (nSPS) is 13.5. The molecule has 3 rings (SSSR count). The van der Waals surface area contributed by atoms with Crippen molar-refractivity contribution in [1.29, 1.82) is 0 Å². The number of fused-ring (bicyclic) bond motifs is 3. The van der Waals surface area contributed by atoms with E-state index in [0.29, 0.717) is 26.0 Å². The van der Waals surface area contributed by atoms with Crippen LogP contribution in [0.4, 0.5) is 4.79 Å². The molecule has 0 fully saturated rings. The average Bonchev–Trinajstić information content (AvgIpc) is 3.13. The van der Waals surface area contributed by atoms with E-state index in [1.165, 1.54) is 22.3 Å². The number of nitrogens with one attached hydrogen (secondary N) is 2. The second-order valence-corrected chi connectivity index (χ2v) is 10.1. The number of unbranched alkanes of at least 4 members (excludes halogenated alkanes) is 3. The van der Waals surface area contributed by atoms with Gasteiger partial charge in [0.05, 0.1) is 0 Å². The molecule has 0 unspecified atom stereocenters. The van der Waals surface area contributed by atoms with Crippen LogP contribution in [0.25, 0.3) is 11.1 Å². The molecule has 1 aliphatic carbocycles. The lowest BCUT2D eigenvalue weighted by Crippen LogP contribution is -2.49. The minimum atomic E-state index is -1.02. The summed E-state index contributed by atoms with van der Waals surface area (Å²) in [5.41, 5.74) is 4.21. The predicted octanol–water partition coefficient (Wildman–Crippen LogP) is 5.09. The Morgan fingerprint density at radius 3 is 2.06 bits per heavy atom. The van der Waals surface area contributed by atoms with Gasteiger partial charge in [0.1, 0.15) is 12.6 Å². The molecule has 7 heteroatoms. The maximum atomic E-state index is 12.2. The molecular formula is C28H36N2O5. The van der Waals surface area contributed by atoms with Crippen molar-refractivity contribution in [3.63, 3.8) is 0 Å². The summed E-state index contributed by atoms with van der Waals surface area (Å²) in [4.78, 5) is 35.6. The number of carbonyl (C=O) groups excluding carboxylic acids is 2. The van der Waals surface area contributed by atoms with E-state index in [4.69, 9.17) is 4.74 Å². The van der Waals surface area contributed by atoms with E-state index in [9.17, 15) is 19.5 Å². The van der Waals surface area contributed by atoms with Gasteiger partial charge in [-0.1, -0.05) is 82.1 Å². The Morgan fingerprint density at radius 2 is 1.49 bits per heavy atom. The molecule has 7 nitrogen and oxygen atoms in total. The van der Waals surface area contributed by atoms with Gasteiger partial charge in [-0.15, -0.1) is 0 Å². The lowest BCUT2D eigenvalue weighted by molar-refractivity contribution is -0.145. The third-order valence-electron chi connectivity index (χ3n) is 6.36. The maximum absolute atomic E-state index is 12.2. The van der Waals surface area contributed by atoms with E-state index in [1.807, 2.05) is 24.3 Å². The van der Waals surface area contributed by atoms with E-state index in [2.05, 4.69) is 34.9 Å². The van der Waals surface area contributed by atoms with Crippen LogP contribution in [0.1, 0.15) is 69.9 Å². The van der Waals surface area contributed by atoms with Crippen LogP contribution in [0.15, 0.2) is 48.5 Å². The zero-order valence-corrected chi connectivity index (χ0v) is 20.8. The lowest BCUT2D eigenvalue weighted by Gasteiger charge is -2.27. The van der Waals surface area contributed by atoms with Crippen molar-refractivity contribution in [3.05, 3.63) is 59.7 Å². The number of benzene rings is 2. The topological polar surface area (TPSA) is 105 Å². The number of hydrogen-bond acceptors (Lipinski definition) is 4. The summed E-state index contributed by atoms with van der Waals surface area (Å²) >= 11 is 0. The van der Waals surface area contributed by atoms with Crippen LogP contribution in [-0.2, 0) is 14.3 Å². The van der Waals surface area contributed by atoms with Crippen molar-refractivity contribution in [2.24, 2.45) is 5.41 Å². The summed E-state index contributed by atoms with van der Waals surface area (Å²) in [7, 11) is 0. The molecule has 0 saturated heterocycles. The first-order valence-electron chi connectivity index (χ1n) is 12.3. The van der Waals surface area contributed by atoms with Gasteiger partial charge in [0.25, 0.3) is 0 Å².